The number of nitrogens with two attached hydrogens (primary N) is 1. The zero-order valence-electron chi connectivity index (χ0n) is 19.2. The molecule has 1 fully saturated rings. The molecule has 0 spiro atoms. The van der Waals surface area contributed by atoms with E-state index in [4.69, 9.17) is 5.73 Å². The van der Waals surface area contributed by atoms with Crippen LogP contribution < -0.4 is 10.6 Å². The van der Waals surface area contributed by atoms with Crippen molar-refractivity contribution in [1.82, 2.24) is 14.9 Å². The van der Waals surface area contributed by atoms with Gasteiger partial charge in [0.15, 0.2) is 17.5 Å². The van der Waals surface area contributed by atoms with E-state index in [0.717, 1.165) is 12.3 Å². The number of hydrogen-bond acceptors (Lipinski definition) is 6. The molecule has 0 bridgehead atoms. The number of anilines is 1. The van der Waals surface area contributed by atoms with Gasteiger partial charge in [-0.1, -0.05) is 0 Å². The summed E-state index contributed by atoms with van der Waals surface area (Å²) in [6, 6.07) is 1.34. The lowest BCUT2D eigenvalue weighted by Crippen LogP contribution is -2.41. The molecule has 1 aliphatic rings. The summed E-state index contributed by atoms with van der Waals surface area (Å²) in [5.74, 6) is -4.32. The first kappa shape index (κ1) is 25.1. The van der Waals surface area contributed by atoms with E-state index in [0.29, 0.717) is 49.2 Å². The third-order valence-electron chi connectivity index (χ3n) is 5.78. The summed E-state index contributed by atoms with van der Waals surface area (Å²) in [6.07, 6.45) is 3.30. The zero-order valence-corrected chi connectivity index (χ0v) is 19.2. The minimum atomic E-state index is -1.30. The van der Waals surface area contributed by atoms with Crippen LogP contribution in [0.15, 0.2) is 35.1 Å². The number of amides is 1. The highest BCUT2D eigenvalue weighted by Gasteiger charge is 2.29. The Hall–Kier alpha value is -3.50. The van der Waals surface area contributed by atoms with Crippen LogP contribution in [0.3, 0.4) is 0 Å². The van der Waals surface area contributed by atoms with Crippen LogP contribution in [0.1, 0.15) is 31.0 Å². The van der Waals surface area contributed by atoms with Crippen molar-refractivity contribution in [2.24, 2.45) is 16.6 Å². The van der Waals surface area contributed by atoms with Crippen LogP contribution in [0.5, 0.6) is 0 Å². The summed E-state index contributed by atoms with van der Waals surface area (Å²) in [6.45, 7) is 2.31. The van der Waals surface area contributed by atoms with Gasteiger partial charge in [-0.25, -0.2) is 27.5 Å². The number of halogens is 4. The van der Waals surface area contributed by atoms with Crippen molar-refractivity contribution < 1.29 is 22.4 Å². The van der Waals surface area contributed by atoms with Gasteiger partial charge in [-0.05, 0) is 37.6 Å². The maximum atomic E-state index is 14.4. The van der Waals surface area contributed by atoms with E-state index >= 15 is 0 Å². The molecular weight excluding hydrogens is 452 g/mol. The molecule has 2 aromatic rings. The van der Waals surface area contributed by atoms with E-state index in [1.54, 1.807) is 6.92 Å². The molecule has 0 aliphatic carbocycles. The fourth-order valence-electron chi connectivity index (χ4n) is 3.92. The molecule has 11 heteroatoms. The highest BCUT2D eigenvalue weighted by molar-refractivity contribution is 6.11. The molecule has 0 unspecified atom stereocenters. The molecule has 34 heavy (non-hydrogen) atoms. The fourth-order valence-corrected chi connectivity index (χ4v) is 3.92. The Morgan fingerprint density at radius 1 is 1.24 bits per heavy atom. The Morgan fingerprint density at radius 2 is 1.91 bits per heavy atom. The fraction of sp³-hybridized carbons (Fsp3) is 0.391. The minimum absolute atomic E-state index is 0.0361. The third kappa shape index (κ3) is 5.35. The Labute approximate surface area is 195 Å². The lowest BCUT2D eigenvalue weighted by molar-refractivity contribution is -0.135. The topological polar surface area (TPSA) is 87.7 Å². The van der Waals surface area contributed by atoms with Crippen molar-refractivity contribution in [2.75, 3.05) is 32.1 Å². The van der Waals surface area contributed by atoms with Gasteiger partial charge in [-0.15, -0.1) is 0 Å². The molecule has 2 heterocycles. The molecule has 1 aromatic carbocycles. The summed E-state index contributed by atoms with van der Waals surface area (Å²) >= 11 is 0. The molecule has 7 nitrogen and oxygen atoms in total. The second-order valence-corrected chi connectivity index (χ2v) is 8.10. The van der Waals surface area contributed by atoms with Gasteiger partial charge in [0.1, 0.15) is 11.5 Å². The summed E-state index contributed by atoms with van der Waals surface area (Å²) in [7, 11) is 2.98. The molecule has 0 atom stereocenters. The summed E-state index contributed by atoms with van der Waals surface area (Å²) in [4.78, 5) is 28.4. The largest absolute Gasteiger partial charge is 0.404 e. The number of hydrogen-bond donors (Lipinski definition) is 1. The van der Waals surface area contributed by atoms with Gasteiger partial charge >= 0.3 is 0 Å². The maximum Gasteiger partial charge on any atom is 0.226 e. The first-order valence-corrected chi connectivity index (χ1v) is 10.7. The normalized spacial score (nSPS) is 15.6. The van der Waals surface area contributed by atoms with Crippen LogP contribution in [-0.4, -0.2) is 53.7 Å². The van der Waals surface area contributed by atoms with Crippen molar-refractivity contribution >= 4 is 17.6 Å². The van der Waals surface area contributed by atoms with Crippen molar-refractivity contribution in [3.63, 3.8) is 0 Å². The molecule has 0 saturated carbocycles. The first-order valence-electron chi connectivity index (χ1n) is 10.7. The van der Waals surface area contributed by atoms with Crippen LogP contribution >= 0.6 is 0 Å². The molecule has 182 valence electrons. The number of aliphatic imine (C=N–C) groups is 1. The zero-order chi connectivity index (χ0) is 25.0. The molecule has 0 radical (unpaired) electrons. The van der Waals surface area contributed by atoms with Gasteiger partial charge < -0.3 is 15.5 Å². The number of carbonyl (C=O) groups is 1. The average molecular weight is 478 g/mol. The van der Waals surface area contributed by atoms with Gasteiger partial charge in [-0.2, -0.15) is 0 Å². The summed E-state index contributed by atoms with van der Waals surface area (Å²) in [5, 5.41) is 0. The van der Waals surface area contributed by atoms with Gasteiger partial charge in [-0.3, -0.25) is 9.79 Å². The van der Waals surface area contributed by atoms with Crippen LogP contribution in [0.2, 0.25) is 0 Å². The summed E-state index contributed by atoms with van der Waals surface area (Å²) < 4.78 is 55.2. The molecular formula is C23H26F4N6O. The van der Waals surface area contributed by atoms with Gasteiger partial charge in [0.25, 0.3) is 0 Å². The molecule has 2 N–H and O–H groups in total. The highest BCUT2D eigenvalue weighted by Crippen LogP contribution is 2.24. The minimum Gasteiger partial charge on any atom is -0.404 e. The van der Waals surface area contributed by atoms with Gasteiger partial charge in [0.2, 0.25) is 11.9 Å². The predicted octanol–water partition coefficient (Wildman–Crippen LogP) is 3.19. The third-order valence-corrected chi connectivity index (χ3v) is 5.78. The number of carbonyl (C=O) groups excluding carboxylic acids is 1. The van der Waals surface area contributed by atoms with E-state index in [1.807, 2.05) is 4.90 Å². The Kier molecular flexibility index (Phi) is 7.85. The SMILES string of the molecule is CN=C(C(C)=CN)c1nc(N2CCC(C(=O)N(C)Cc3cc(F)cc(F)c3F)CC2)ncc1F. The van der Waals surface area contributed by atoms with E-state index in [-0.39, 0.29) is 29.6 Å². The van der Waals surface area contributed by atoms with E-state index in [1.165, 1.54) is 25.2 Å². The second kappa shape index (κ2) is 10.6. The molecule has 3 rings (SSSR count). The number of aromatic nitrogens is 2. The van der Waals surface area contributed by atoms with E-state index in [9.17, 15) is 22.4 Å². The van der Waals surface area contributed by atoms with Gasteiger partial charge in [0, 0.05) is 51.3 Å². The monoisotopic (exact) mass is 478 g/mol. The molecule has 1 saturated heterocycles. The molecule has 1 amide bonds. The Bertz CT molecular complexity index is 1130. The quantitative estimate of drug-likeness (QED) is 0.392. The lowest BCUT2D eigenvalue weighted by atomic mass is 9.95. The van der Waals surface area contributed by atoms with Crippen LogP contribution in [-0.2, 0) is 11.3 Å². The van der Waals surface area contributed by atoms with E-state index < -0.39 is 23.3 Å². The standard InChI is InChI=1S/C23H26F4N6O/c1-13(10-28)20(29-2)21-18(26)11-30-23(31-21)33-6-4-14(5-7-33)22(34)32(3)12-15-8-16(24)9-17(25)19(15)27/h8-11,14H,4-7,12,28H2,1-3H3. The maximum absolute atomic E-state index is 14.4. The lowest BCUT2D eigenvalue weighted by Gasteiger charge is -2.33. The predicted molar refractivity (Wildman–Crippen MR) is 120 cm³/mol. The molecule has 1 aliphatic heterocycles. The van der Waals surface area contributed by atoms with Crippen LogP contribution in [0, 0.1) is 29.2 Å². The Balaban J connectivity index is 1.67. The highest BCUT2D eigenvalue weighted by atomic mass is 19.2. The van der Waals surface area contributed by atoms with Crippen molar-refractivity contribution in [3.05, 3.63) is 64.6 Å². The molecule has 1 aromatic heterocycles. The van der Waals surface area contributed by atoms with Crippen LogP contribution in [0.4, 0.5) is 23.5 Å². The number of benzene rings is 1. The van der Waals surface area contributed by atoms with Crippen molar-refractivity contribution in [3.8, 4) is 0 Å². The summed E-state index contributed by atoms with van der Waals surface area (Å²) in [5.41, 5.74) is 6.23. The van der Waals surface area contributed by atoms with Crippen molar-refractivity contribution in [1.29, 1.82) is 0 Å². The second-order valence-electron chi connectivity index (χ2n) is 8.10. The Morgan fingerprint density at radius 3 is 2.53 bits per heavy atom. The average Bonchev–Trinajstić information content (AvgIpc) is 2.83. The van der Waals surface area contributed by atoms with Gasteiger partial charge in [0.05, 0.1) is 11.9 Å². The number of piperidine rings is 1. The number of allylic oxidation sites excluding steroid dienone is 1. The smallest absolute Gasteiger partial charge is 0.226 e. The first-order chi connectivity index (χ1) is 16.2. The van der Waals surface area contributed by atoms with E-state index in [2.05, 4.69) is 15.0 Å². The van der Waals surface area contributed by atoms with Crippen molar-refractivity contribution in [2.45, 2.75) is 26.3 Å². The number of rotatable bonds is 6. The number of nitrogens with zero attached hydrogens (tertiary/aromatic N) is 5. The van der Waals surface area contributed by atoms with Crippen LogP contribution in [0.25, 0.3) is 0 Å².